The molecule has 0 saturated carbocycles. The average molecular weight is 387 g/mol. The summed E-state index contributed by atoms with van der Waals surface area (Å²) in [6.45, 7) is -0.225. The maximum absolute atomic E-state index is 12.8. The Morgan fingerprint density at radius 3 is 1.83 bits per heavy atom. The highest BCUT2D eigenvalue weighted by molar-refractivity contribution is 8.14. The number of sulfone groups is 2. The second-order valence-electron chi connectivity index (χ2n) is 4.98. The number of aliphatic hydroxyl groups excluding tert-OH is 1. The van der Waals surface area contributed by atoms with Crippen molar-refractivity contribution in [2.75, 3.05) is 18.1 Å². The maximum Gasteiger partial charge on any atom is 0.191 e. The molecular weight excluding hydrogens is 368 g/mol. The topological polar surface area (TPSA) is 88.5 Å². The number of hydrogen-bond donors (Lipinski definition) is 1. The van der Waals surface area contributed by atoms with Crippen LogP contribution in [0.5, 0.6) is 0 Å². The highest BCUT2D eigenvalue weighted by atomic mass is 32.3. The number of rotatable bonds is 8. The molecule has 8 heteroatoms. The van der Waals surface area contributed by atoms with Gasteiger partial charge in [0.05, 0.1) is 22.2 Å². The summed E-state index contributed by atoms with van der Waals surface area (Å²) in [5.74, 6) is -0.403. The molecule has 130 valence electrons. The SMILES string of the molecule is O=S(=O)(CC(SCCO)S(=O)(=O)c1ccccc1)c1ccccc1. The van der Waals surface area contributed by atoms with Crippen LogP contribution >= 0.6 is 11.8 Å². The van der Waals surface area contributed by atoms with E-state index in [2.05, 4.69) is 0 Å². The Hall–Kier alpha value is -1.35. The summed E-state index contributed by atoms with van der Waals surface area (Å²) in [5.41, 5.74) is 0. The van der Waals surface area contributed by atoms with Crippen LogP contribution in [0, 0.1) is 0 Å². The lowest BCUT2D eigenvalue weighted by molar-refractivity contribution is 0.322. The zero-order chi connectivity index (χ0) is 17.6. The van der Waals surface area contributed by atoms with Crippen molar-refractivity contribution in [3.05, 3.63) is 60.7 Å². The molecule has 1 unspecified atom stereocenters. The smallest absolute Gasteiger partial charge is 0.191 e. The highest BCUT2D eigenvalue weighted by Gasteiger charge is 2.33. The van der Waals surface area contributed by atoms with E-state index in [1.807, 2.05) is 0 Å². The van der Waals surface area contributed by atoms with E-state index in [1.54, 1.807) is 36.4 Å². The molecule has 0 aliphatic heterocycles. The van der Waals surface area contributed by atoms with Gasteiger partial charge in [0.25, 0.3) is 0 Å². The fraction of sp³-hybridized carbons (Fsp3) is 0.250. The molecule has 0 bridgehead atoms. The van der Waals surface area contributed by atoms with Gasteiger partial charge in [0, 0.05) is 5.75 Å². The summed E-state index contributed by atoms with van der Waals surface area (Å²) in [6, 6.07) is 15.5. The molecule has 0 amide bonds. The van der Waals surface area contributed by atoms with Gasteiger partial charge in [-0.15, -0.1) is 11.8 Å². The van der Waals surface area contributed by atoms with E-state index in [1.165, 1.54) is 24.3 Å². The minimum atomic E-state index is -3.84. The Bertz CT molecular complexity index is 847. The fourth-order valence-electron chi connectivity index (χ4n) is 2.08. The molecule has 0 spiro atoms. The number of benzene rings is 2. The zero-order valence-electron chi connectivity index (χ0n) is 12.8. The van der Waals surface area contributed by atoms with Gasteiger partial charge >= 0.3 is 0 Å². The van der Waals surface area contributed by atoms with Gasteiger partial charge in [0.2, 0.25) is 0 Å². The molecule has 0 heterocycles. The van der Waals surface area contributed by atoms with Crippen molar-refractivity contribution in [3.63, 3.8) is 0 Å². The third-order valence-corrected chi connectivity index (χ3v) is 9.37. The molecule has 2 aromatic carbocycles. The van der Waals surface area contributed by atoms with Gasteiger partial charge in [0.1, 0.15) is 4.58 Å². The average Bonchev–Trinajstić information content (AvgIpc) is 2.60. The Labute approximate surface area is 146 Å². The molecule has 0 aliphatic carbocycles. The second kappa shape index (κ2) is 8.15. The Kier molecular flexibility index (Phi) is 6.45. The molecule has 5 nitrogen and oxygen atoms in total. The predicted molar refractivity (Wildman–Crippen MR) is 95.5 cm³/mol. The normalized spacial score (nSPS) is 13.5. The summed E-state index contributed by atoms with van der Waals surface area (Å²) in [6.07, 6.45) is 0. The molecule has 0 aromatic heterocycles. The molecular formula is C16H18O5S3. The molecule has 1 atom stereocenters. The quantitative estimate of drug-likeness (QED) is 0.746. The van der Waals surface area contributed by atoms with Gasteiger partial charge in [-0.1, -0.05) is 36.4 Å². The minimum absolute atomic E-state index is 0.0729. The van der Waals surface area contributed by atoms with E-state index in [9.17, 15) is 16.8 Å². The lowest BCUT2D eigenvalue weighted by atomic mass is 10.4. The van der Waals surface area contributed by atoms with Crippen molar-refractivity contribution in [2.45, 2.75) is 14.4 Å². The van der Waals surface area contributed by atoms with Crippen LogP contribution in [0.2, 0.25) is 0 Å². The predicted octanol–water partition coefficient (Wildman–Crippen LogP) is 1.99. The lowest BCUT2D eigenvalue weighted by Crippen LogP contribution is -2.28. The van der Waals surface area contributed by atoms with Crippen molar-refractivity contribution < 1.29 is 21.9 Å². The van der Waals surface area contributed by atoms with Gasteiger partial charge in [-0.05, 0) is 24.3 Å². The van der Waals surface area contributed by atoms with Gasteiger partial charge in [-0.25, -0.2) is 16.8 Å². The van der Waals surface area contributed by atoms with Gasteiger partial charge in [-0.3, -0.25) is 0 Å². The molecule has 0 saturated heterocycles. The van der Waals surface area contributed by atoms with Crippen molar-refractivity contribution in [2.24, 2.45) is 0 Å². The Balaban J connectivity index is 2.36. The number of thioether (sulfide) groups is 1. The van der Waals surface area contributed by atoms with Crippen molar-refractivity contribution >= 4 is 31.4 Å². The fourth-order valence-corrected chi connectivity index (χ4v) is 7.92. The molecule has 2 aromatic rings. The van der Waals surface area contributed by atoms with Gasteiger partial charge in [0.15, 0.2) is 19.7 Å². The van der Waals surface area contributed by atoms with Crippen LogP contribution < -0.4 is 0 Å². The Morgan fingerprint density at radius 1 is 0.833 bits per heavy atom. The van der Waals surface area contributed by atoms with E-state index in [0.717, 1.165) is 11.8 Å². The highest BCUT2D eigenvalue weighted by Crippen LogP contribution is 2.27. The minimum Gasteiger partial charge on any atom is -0.396 e. The van der Waals surface area contributed by atoms with Crippen molar-refractivity contribution in [3.8, 4) is 0 Å². The van der Waals surface area contributed by atoms with E-state index in [0.29, 0.717) is 0 Å². The number of aliphatic hydroxyl groups is 1. The maximum atomic E-state index is 12.8. The van der Waals surface area contributed by atoms with Crippen LogP contribution in [0.15, 0.2) is 70.5 Å². The van der Waals surface area contributed by atoms with Crippen LogP contribution in [0.25, 0.3) is 0 Å². The monoisotopic (exact) mass is 386 g/mol. The number of hydrogen-bond acceptors (Lipinski definition) is 6. The third kappa shape index (κ3) is 4.60. The standard InChI is InChI=1S/C16H18O5S3/c17-11-12-22-16(24(20,21)15-9-5-2-6-10-15)13-23(18,19)14-7-3-1-4-8-14/h1-10,16-17H,11-13H2. The van der Waals surface area contributed by atoms with Crippen LogP contribution in [0.1, 0.15) is 0 Å². The van der Waals surface area contributed by atoms with Crippen LogP contribution in [-0.2, 0) is 19.7 Å². The summed E-state index contributed by atoms with van der Waals surface area (Å²) >= 11 is 0.928. The zero-order valence-corrected chi connectivity index (χ0v) is 15.2. The first-order chi connectivity index (χ1) is 11.4. The summed E-state index contributed by atoms with van der Waals surface area (Å²) in [4.78, 5) is 0.159. The van der Waals surface area contributed by atoms with Gasteiger partial charge < -0.3 is 5.11 Å². The van der Waals surface area contributed by atoms with Crippen molar-refractivity contribution in [1.82, 2.24) is 0 Å². The van der Waals surface area contributed by atoms with Crippen LogP contribution in [0.4, 0.5) is 0 Å². The summed E-state index contributed by atoms with van der Waals surface area (Å²) in [7, 11) is -7.60. The van der Waals surface area contributed by atoms with E-state index < -0.39 is 30.0 Å². The van der Waals surface area contributed by atoms with Crippen LogP contribution in [-0.4, -0.2) is 44.6 Å². The molecule has 1 N–H and O–H groups in total. The first-order valence-electron chi connectivity index (χ1n) is 7.17. The first kappa shape index (κ1) is 19.0. The third-order valence-electron chi connectivity index (χ3n) is 3.27. The largest absolute Gasteiger partial charge is 0.396 e. The van der Waals surface area contributed by atoms with Crippen molar-refractivity contribution in [1.29, 1.82) is 0 Å². The molecule has 0 radical (unpaired) electrons. The van der Waals surface area contributed by atoms with E-state index >= 15 is 0 Å². The van der Waals surface area contributed by atoms with E-state index in [-0.39, 0.29) is 22.2 Å². The first-order valence-corrected chi connectivity index (χ1v) is 11.4. The summed E-state index contributed by atoms with van der Waals surface area (Å²) < 4.78 is 49.5. The summed E-state index contributed by atoms with van der Waals surface area (Å²) in [5, 5.41) is 9.00. The molecule has 0 fully saturated rings. The second-order valence-corrected chi connectivity index (χ2v) is 10.8. The van der Waals surface area contributed by atoms with Crippen LogP contribution in [0.3, 0.4) is 0 Å². The lowest BCUT2D eigenvalue weighted by Gasteiger charge is -2.17. The molecule has 0 aliphatic rings. The Morgan fingerprint density at radius 2 is 1.33 bits per heavy atom. The molecule has 2 rings (SSSR count). The van der Waals surface area contributed by atoms with E-state index in [4.69, 9.17) is 5.11 Å². The van der Waals surface area contributed by atoms with Gasteiger partial charge in [-0.2, -0.15) is 0 Å². The molecule has 24 heavy (non-hydrogen) atoms.